The number of hydrogen-bond donors (Lipinski definition) is 1. The normalized spacial score (nSPS) is 21.0. The zero-order valence-electron chi connectivity index (χ0n) is 29.2. The lowest BCUT2D eigenvalue weighted by Gasteiger charge is -2.44. The van der Waals surface area contributed by atoms with Crippen LogP contribution in [0.3, 0.4) is 0 Å². The summed E-state index contributed by atoms with van der Waals surface area (Å²) >= 11 is 14.5. The van der Waals surface area contributed by atoms with Gasteiger partial charge in [0.25, 0.3) is 0 Å². The number of fused-ring (bicyclic) bond motifs is 3. The Kier molecular flexibility index (Phi) is 12.0. The van der Waals surface area contributed by atoms with E-state index in [1.54, 1.807) is 25.6 Å². The number of aromatic amines is 1. The van der Waals surface area contributed by atoms with Gasteiger partial charge in [0, 0.05) is 30.0 Å². The largest absolute Gasteiger partial charge is 0.493 e. The summed E-state index contributed by atoms with van der Waals surface area (Å²) in [5, 5.41) is 4.29. The fourth-order valence-electron chi connectivity index (χ4n) is 7.47. The number of rotatable bonds is 14. The van der Waals surface area contributed by atoms with E-state index in [1.807, 2.05) is 54.6 Å². The van der Waals surface area contributed by atoms with Crippen LogP contribution < -0.4 is 19.8 Å². The monoisotopic (exact) mass is 764 g/mol. The number of pyridine rings is 1. The van der Waals surface area contributed by atoms with E-state index in [0.717, 1.165) is 74.2 Å². The second kappa shape index (κ2) is 17.0. The van der Waals surface area contributed by atoms with Crippen LogP contribution in [-0.4, -0.2) is 55.8 Å². The first-order valence-corrected chi connectivity index (χ1v) is 19.6. The van der Waals surface area contributed by atoms with Crippen LogP contribution in [0.25, 0.3) is 0 Å². The summed E-state index contributed by atoms with van der Waals surface area (Å²) in [6, 6.07) is 18.2. The Balaban J connectivity index is 1.07. The number of halogens is 2. The minimum atomic E-state index is -0.728. The van der Waals surface area contributed by atoms with Gasteiger partial charge in [-0.05, 0) is 92.9 Å². The molecule has 3 atom stereocenters. The lowest BCUT2D eigenvalue weighted by Crippen LogP contribution is -2.52. The minimum Gasteiger partial charge on any atom is -0.493 e. The summed E-state index contributed by atoms with van der Waals surface area (Å²) < 4.78 is 24.4. The standard InChI is InChI=1S/C40H43Cl2N3O6S/c1-48-33-13-11-27(19-35(33)49-28-9-5-6-10-28)34(20-30-31(41)22-43-23-32(30)42)50-39(46)37-14-12-29(52-37)21-44-38(26-7-3-2-4-8-26)40(47)51-36-24-45-17-15-25(36)16-18-45/h2-4,7-8,11-14,19,22-23,25,28,34,36,38,44H,5-6,9-10,15-18,20-21,24H2,1H3/p+1/t34?,36-,38?/m0/s1. The van der Waals surface area contributed by atoms with Crippen LogP contribution >= 0.6 is 34.5 Å². The van der Waals surface area contributed by atoms with Gasteiger partial charge in [0.1, 0.15) is 33.2 Å². The number of ether oxygens (including phenoxy) is 4. The van der Waals surface area contributed by atoms with Crippen molar-refractivity contribution in [3.8, 4) is 11.5 Å². The molecular weight excluding hydrogens is 721 g/mol. The third kappa shape index (κ3) is 8.75. The van der Waals surface area contributed by atoms with E-state index in [-0.39, 0.29) is 24.6 Å². The number of carbonyl (C=O) groups is 2. The van der Waals surface area contributed by atoms with Crippen molar-refractivity contribution in [3.63, 3.8) is 0 Å². The fourth-order valence-corrected chi connectivity index (χ4v) is 8.85. The molecule has 12 heteroatoms. The molecule has 1 saturated carbocycles. The number of carbonyl (C=O) groups excluding carboxylic acids is 2. The number of nitrogens with zero attached hydrogens (tertiary/aromatic N) is 1. The molecule has 2 aromatic carbocycles. The second-order valence-corrected chi connectivity index (χ2v) is 15.7. The van der Waals surface area contributed by atoms with Crippen molar-refractivity contribution >= 4 is 46.5 Å². The first kappa shape index (κ1) is 36.7. The van der Waals surface area contributed by atoms with Crippen LogP contribution in [-0.2, 0) is 27.2 Å². The smallest absolute Gasteiger partial charge is 0.348 e. The third-order valence-corrected chi connectivity index (χ3v) is 12.1. The molecule has 2 bridgehead atoms. The quantitative estimate of drug-likeness (QED) is 0.130. The summed E-state index contributed by atoms with van der Waals surface area (Å²) in [6.07, 6.45) is 9.20. The number of benzene rings is 2. The van der Waals surface area contributed by atoms with Gasteiger partial charge < -0.3 is 18.9 Å². The van der Waals surface area contributed by atoms with Gasteiger partial charge in [0.05, 0.1) is 13.2 Å². The maximum absolute atomic E-state index is 13.8. The molecule has 8 rings (SSSR count). The molecule has 1 aliphatic carbocycles. The maximum atomic E-state index is 13.8. The van der Waals surface area contributed by atoms with Crippen LogP contribution in [0.4, 0.5) is 0 Å². The van der Waals surface area contributed by atoms with E-state index < -0.39 is 18.1 Å². The lowest BCUT2D eigenvalue weighted by molar-refractivity contribution is -0.377. The Labute approximate surface area is 318 Å². The third-order valence-electron chi connectivity index (χ3n) is 10.4. The number of esters is 2. The van der Waals surface area contributed by atoms with E-state index in [4.69, 9.17) is 42.1 Å². The molecule has 0 radical (unpaired) electrons. The molecule has 4 aromatic rings. The summed E-state index contributed by atoms with van der Waals surface area (Å²) in [6.45, 7) is 3.31. The average Bonchev–Trinajstić information content (AvgIpc) is 3.87. The molecule has 4 aliphatic rings. The molecule has 3 saturated heterocycles. The van der Waals surface area contributed by atoms with Crippen molar-refractivity contribution < 1.29 is 33.5 Å². The number of aromatic nitrogens is 1. The highest BCUT2D eigenvalue weighted by molar-refractivity contribution is 7.13. The molecule has 5 heterocycles. The van der Waals surface area contributed by atoms with Crippen molar-refractivity contribution in [2.45, 2.75) is 75.8 Å². The van der Waals surface area contributed by atoms with Crippen molar-refractivity contribution in [2.75, 3.05) is 26.7 Å². The second-order valence-electron chi connectivity index (χ2n) is 13.8. The number of nitrogens with one attached hydrogen (secondary N) is 2. The minimum absolute atomic E-state index is 0.0890. The zero-order valence-corrected chi connectivity index (χ0v) is 31.5. The van der Waals surface area contributed by atoms with Crippen molar-refractivity contribution in [1.29, 1.82) is 0 Å². The number of thiophene rings is 1. The molecule has 2 aromatic heterocycles. The molecule has 274 valence electrons. The highest BCUT2D eigenvalue weighted by Gasteiger charge is 2.38. The molecular formula is C40H44Cl2N3O6S+. The van der Waals surface area contributed by atoms with E-state index in [1.165, 1.54) is 11.3 Å². The van der Waals surface area contributed by atoms with Gasteiger partial charge in [-0.15, -0.1) is 11.3 Å². The van der Waals surface area contributed by atoms with E-state index in [2.05, 4.69) is 15.2 Å². The number of H-pyrrole nitrogens is 1. The van der Waals surface area contributed by atoms with Gasteiger partial charge in [0.15, 0.2) is 23.9 Å². The molecule has 52 heavy (non-hydrogen) atoms. The molecule has 2 N–H and O–H groups in total. The number of piperidine rings is 3. The first-order chi connectivity index (χ1) is 25.3. The van der Waals surface area contributed by atoms with E-state index >= 15 is 0 Å². The Morgan fingerprint density at radius 2 is 1.69 bits per heavy atom. The molecule has 3 aliphatic heterocycles. The van der Waals surface area contributed by atoms with Crippen LogP contribution in [0.1, 0.15) is 81.9 Å². The van der Waals surface area contributed by atoms with Crippen molar-refractivity contribution in [1.82, 2.24) is 10.2 Å². The van der Waals surface area contributed by atoms with Crippen LogP contribution in [0.2, 0.25) is 10.0 Å². The SMILES string of the molecule is COc1ccc(C(Cc2c(Cl)c[nH+]cc2Cl)OC(=O)c2ccc(CNC(C(=O)O[C@H]3CN4CCC3CC4)c3ccccc3)s2)cc1OC1CCCC1. The molecule has 0 spiro atoms. The predicted molar refractivity (Wildman–Crippen MR) is 200 cm³/mol. The maximum Gasteiger partial charge on any atom is 0.348 e. The molecule has 4 fully saturated rings. The topological polar surface area (TPSA) is 100 Å². The number of hydrogen-bond acceptors (Lipinski definition) is 9. The highest BCUT2D eigenvalue weighted by Crippen LogP contribution is 2.38. The lowest BCUT2D eigenvalue weighted by atomic mass is 9.86. The van der Waals surface area contributed by atoms with Crippen LogP contribution in [0, 0.1) is 5.92 Å². The van der Waals surface area contributed by atoms with Gasteiger partial charge in [-0.1, -0.05) is 59.6 Å². The average molecular weight is 766 g/mol. The van der Waals surface area contributed by atoms with E-state index in [9.17, 15) is 9.59 Å². The number of methoxy groups -OCH3 is 1. The molecule has 9 nitrogen and oxygen atoms in total. The Morgan fingerprint density at radius 3 is 2.38 bits per heavy atom. The Hall–Kier alpha value is -3.67. The van der Waals surface area contributed by atoms with Gasteiger partial charge >= 0.3 is 11.9 Å². The van der Waals surface area contributed by atoms with Crippen LogP contribution in [0.15, 0.2) is 73.1 Å². The molecule has 0 amide bonds. The van der Waals surface area contributed by atoms with E-state index in [0.29, 0.717) is 44.4 Å². The fraction of sp³-hybridized carbons (Fsp3) is 0.425. The van der Waals surface area contributed by atoms with Crippen LogP contribution in [0.5, 0.6) is 11.5 Å². The van der Waals surface area contributed by atoms with Crippen molar-refractivity contribution in [3.05, 3.63) is 110 Å². The Bertz CT molecular complexity index is 1820. The van der Waals surface area contributed by atoms with Gasteiger partial charge in [-0.3, -0.25) is 10.2 Å². The highest BCUT2D eigenvalue weighted by atomic mass is 35.5. The summed E-state index contributed by atoms with van der Waals surface area (Å²) in [5.41, 5.74) is 2.22. The molecule has 2 unspecified atom stereocenters. The van der Waals surface area contributed by atoms with Gasteiger partial charge in [-0.2, -0.15) is 0 Å². The van der Waals surface area contributed by atoms with Crippen molar-refractivity contribution in [2.24, 2.45) is 5.92 Å². The summed E-state index contributed by atoms with van der Waals surface area (Å²) in [7, 11) is 1.61. The summed E-state index contributed by atoms with van der Waals surface area (Å²) in [5.74, 6) is 0.873. The van der Waals surface area contributed by atoms with Gasteiger partial charge in [-0.25, -0.2) is 14.6 Å². The predicted octanol–water partition coefficient (Wildman–Crippen LogP) is 7.81. The summed E-state index contributed by atoms with van der Waals surface area (Å²) in [4.78, 5) is 34.0. The Morgan fingerprint density at radius 1 is 0.942 bits per heavy atom. The first-order valence-electron chi connectivity index (χ1n) is 18.0. The zero-order chi connectivity index (χ0) is 36.0. The van der Waals surface area contributed by atoms with Gasteiger partial charge in [0.2, 0.25) is 0 Å².